The van der Waals surface area contributed by atoms with Crippen molar-refractivity contribution >= 4 is 33.0 Å². The summed E-state index contributed by atoms with van der Waals surface area (Å²) in [4.78, 5) is 5.61. The fourth-order valence-corrected chi connectivity index (χ4v) is 3.41. The highest BCUT2D eigenvalue weighted by molar-refractivity contribution is 7.15. The summed E-state index contributed by atoms with van der Waals surface area (Å²) in [7, 11) is 1.67. The average molecular weight is 295 g/mol. The van der Waals surface area contributed by atoms with E-state index >= 15 is 0 Å². The van der Waals surface area contributed by atoms with E-state index in [-0.39, 0.29) is 0 Å². The van der Waals surface area contributed by atoms with Crippen molar-refractivity contribution in [1.29, 1.82) is 0 Å². The van der Waals surface area contributed by atoms with Crippen molar-refractivity contribution in [2.24, 2.45) is 0 Å². The lowest BCUT2D eigenvalue weighted by Crippen LogP contribution is -1.89. The van der Waals surface area contributed by atoms with Crippen LogP contribution in [0.4, 0.5) is 5.69 Å². The monoisotopic (exact) mass is 295 g/mol. The van der Waals surface area contributed by atoms with Crippen molar-refractivity contribution in [3.63, 3.8) is 0 Å². The first-order valence-corrected chi connectivity index (χ1v) is 7.44. The van der Waals surface area contributed by atoms with Crippen molar-refractivity contribution < 1.29 is 4.74 Å². The number of hydrogen-bond donors (Lipinski definition) is 1. The van der Waals surface area contributed by atoms with Crippen molar-refractivity contribution in [3.05, 3.63) is 47.8 Å². The maximum atomic E-state index is 5.92. The molecule has 2 heterocycles. The third-order valence-electron chi connectivity index (χ3n) is 3.55. The highest BCUT2D eigenvalue weighted by Crippen LogP contribution is 2.31. The average Bonchev–Trinajstić information content (AvgIpc) is 3.06. The van der Waals surface area contributed by atoms with Crippen LogP contribution in [0.15, 0.2) is 47.8 Å². The highest BCUT2D eigenvalue weighted by Gasteiger charge is 2.12. The predicted molar refractivity (Wildman–Crippen MR) is 87.0 cm³/mol. The number of aromatic nitrogens is 2. The minimum absolute atomic E-state index is 0.746. The van der Waals surface area contributed by atoms with Crippen LogP contribution in [0.2, 0.25) is 0 Å². The van der Waals surface area contributed by atoms with Crippen molar-refractivity contribution in [3.8, 4) is 17.0 Å². The smallest absolute Gasteiger partial charge is 0.195 e. The molecule has 0 aliphatic rings. The van der Waals surface area contributed by atoms with Crippen LogP contribution < -0.4 is 10.5 Å². The molecule has 0 aliphatic heterocycles. The first-order valence-electron chi connectivity index (χ1n) is 6.56. The van der Waals surface area contributed by atoms with E-state index < -0.39 is 0 Å². The Morgan fingerprint density at radius 1 is 1.14 bits per heavy atom. The fourth-order valence-electron chi connectivity index (χ4n) is 2.50. The number of ether oxygens (including phenoxy) is 1. The van der Waals surface area contributed by atoms with E-state index in [1.807, 2.05) is 30.3 Å². The third-order valence-corrected chi connectivity index (χ3v) is 4.38. The lowest BCUT2D eigenvalue weighted by atomic mass is 10.1. The molecule has 0 unspecified atom stereocenters. The summed E-state index contributed by atoms with van der Waals surface area (Å²) < 4.78 is 7.36. The van der Waals surface area contributed by atoms with Gasteiger partial charge in [0.05, 0.1) is 23.8 Å². The lowest BCUT2D eigenvalue weighted by molar-refractivity contribution is 0.415. The molecule has 0 saturated heterocycles. The van der Waals surface area contributed by atoms with Gasteiger partial charge in [0.2, 0.25) is 0 Å². The van der Waals surface area contributed by atoms with E-state index in [2.05, 4.69) is 26.9 Å². The molecule has 21 heavy (non-hydrogen) atoms. The van der Waals surface area contributed by atoms with Gasteiger partial charge in [0.25, 0.3) is 0 Å². The Morgan fingerprint density at radius 3 is 2.71 bits per heavy atom. The third kappa shape index (κ3) is 1.86. The zero-order chi connectivity index (χ0) is 14.4. The second-order valence-electron chi connectivity index (χ2n) is 4.83. The van der Waals surface area contributed by atoms with Gasteiger partial charge in [0.15, 0.2) is 4.96 Å². The molecule has 5 heteroatoms. The maximum absolute atomic E-state index is 5.92. The normalized spacial score (nSPS) is 11.3. The number of methoxy groups -OCH3 is 1. The molecule has 4 nitrogen and oxygen atoms in total. The summed E-state index contributed by atoms with van der Waals surface area (Å²) in [6.07, 6.45) is 0. The number of anilines is 1. The van der Waals surface area contributed by atoms with Crippen LogP contribution in [-0.4, -0.2) is 16.5 Å². The van der Waals surface area contributed by atoms with Gasteiger partial charge in [-0.2, -0.15) is 0 Å². The van der Waals surface area contributed by atoms with Crippen molar-refractivity contribution in [2.45, 2.75) is 0 Å². The Bertz CT molecular complexity index is 937. The predicted octanol–water partition coefficient (Wildman–Crippen LogP) is 3.81. The van der Waals surface area contributed by atoms with Crippen LogP contribution in [-0.2, 0) is 0 Å². The van der Waals surface area contributed by atoms with Crippen LogP contribution in [0.5, 0.6) is 5.75 Å². The fraction of sp³-hybridized carbons (Fsp3) is 0.0625. The van der Waals surface area contributed by atoms with Crippen LogP contribution >= 0.6 is 11.3 Å². The van der Waals surface area contributed by atoms with Crippen LogP contribution in [0, 0.1) is 0 Å². The van der Waals surface area contributed by atoms with Crippen LogP contribution in [0.3, 0.4) is 0 Å². The highest BCUT2D eigenvalue weighted by atomic mass is 32.1. The Hall–Kier alpha value is -2.53. The van der Waals surface area contributed by atoms with Gasteiger partial charge < -0.3 is 10.5 Å². The van der Waals surface area contributed by atoms with Gasteiger partial charge >= 0.3 is 0 Å². The van der Waals surface area contributed by atoms with Gasteiger partial charge in [-0.1, -0.05) is 0 Å². The zero-order valence-electron chi connectivity index (χ0n) is 11.4. The van der Waals surface area contributed by atoms with E-state index in [4.69, 9.17) is 10.5 Å². The number of imidazole rings is 1. The molecule has 0 bridgehead atoms. The molecule has 0 spiro atoms. The Labute approximate surface area is 125 Å². The van der Waals surface area contributed by atoms with E-state index in [0.29, 0.717) is 0 Å². The molecule has 0 atom stereocenters. The zero-order valence-corrected chi connectivity index (χ0v) is 12.2. The van der Waals surface area contributed by atoms with Gasteiger partial charge in [0, 0.05) is 11.1 Å². The summed E-state index contributed by atoms with van der Waals surface area (Å²) in [5.41, 5.74) is 10.9. The molecule has 0 aliphatic carbocycles. The number of rotatable bonds is 2. The minimum atomic E-state index is 0.746. The van der Waals surface area contributed by atoms with Crippen LogP contribution in [0.25, 0.3) is 27.3 Å². The number of nitrogens with two attached hydrogens (primary N) is 1. The Kier molecular flexibility index (Phi) is 2.62. The number of nitrogen functional groups attached to an aromatic ring is 1. The topological polar surface area (TPSA) is 52.5 Å². The number of thiazole rings is 1. The largest absolute Gasteiger partial charge is 0.497 e. The van der Waals surface area contributed by atoms with Gasteiger partial charge in [0.1, 0.15) is 5.75 Å². The standard InChI is InChI=1S/C16H13N3OS/c1-20-12-5-2-10(3-6-12)15-9-21-16-18-13-7-4-11(17)8-14(13)19(15)16/h2-9H,17H2,1H3. The second kappa shape index (κ2) is 4.49. The Balaban J connectivity index is 1.99. The van der Waals surface area contributed by atoms with Crippen molar-refractivity contribution in [2.75, 3.05) is 12.8 Å². The number of benzene rings is 2. The second-order valence-corrected chi connectivity index (χ2v) is 5.66. The maximum Gasteiger partial charge on any atom is 0.195 e. The van der Waals surface area contributed by atoms with Crippen LogP contribution in [0.1, 0.15) is 0 Å². The molecule has 4 rings (SSSR count). The molecule has 2 N–H and O–H groups in total. The molecule has 0 amide bonds. The van der Waals surface area contributed by atoms with E-state index in [1.165, 1.54) is 0 Å². The number of hydrogen-bond acceptors (Lipinski definition) is 4. The molecule has 4 aromatic rings. The molecular weight excluding hydrogens is 282 g/mol. The van der Waals surface area contributed by atoms with Gasteiger partial charge in [-0.25, -0.2) is 4.98 Å². The first kappa shape index (κ1) is 12.2. The molecule has 0 radical (unpaired) electrons. The summed E-state index contributed by atoms with van der Waals surface area (Å²) in [5, 5.41) is 2.12. The molecule has 104 valence electrons. The number of nitrogens with zero attached hydrogens (tertiary/aromatic N) is 2. The van der Waals surface area contributed by atoms with Crippen molar-refractivity contribution in [1.82, 2.24) is 9.38 Å². The first-order chi connectivity index (χ1) is 10.3. The minimum Gasteiger partial charge on any atom is -0.497 e. The van der Waals surface area contributed by atoms with E-state index in [9.17, 15) is 0 Å². The molecule has 0 fully saturated rings. The molecule has 2 aromatic carbocycles. The Morgan fingerprint density at radius 2 is 1.95 bits per heavy atom. The summed E-state index contributed by atoms with van der Waals surface area (Å²) in [6.45, 7) is 0. The summed E-state index contributed by atoms with van der Waals surface area (Å²) in [6, 6.07) is 13.8. The number of fused-ring (bicyclic) bond motifs is 3. The molecule has 0 saturated carbocycles. The van der Waals surface area contributed by atoms with E-state index in [0.717, 1.165) is 38.7 Å². The van der Waals surface area contributed by atoms with Gasteiger partial charge in [-0.3, -0.25) is 4.40 Å². The summed E-state index contributed by atoms with van der Waals surface area (Å²) >= 11 is 1.63. The van der Waals surface area contributed by atoms with E-state index in [1.54, 1.807) is 18.4 Å². The quantitative estimate of drug-likeness (QED) is 0.572. The molecule has 2 aromatic heterocycles. The SMILES string of the molecule is COc1ccc(-c2csc3nc4ccc(N)cc4n23)cc1. The molecular formula is C16H13N3OS. The van der Waals surface area contributed by atoms with Gasteiger partial charge in [-0.05, 0) is 48.0 Å². The van der Waals surface area contributed by atoms with Gasteiger partial charge in [-0.15, -0.1) is 11.3 Å². The summed E-state index contributed by atoms with van der Waals surface area (Å²) in [5.74, 6) is 0.852. The lowest BCUT2D eigenvalue weighted by Gasteiger charge is -2.03.